The van der Waals surface area contributed by atoms with Gasteiger partial charge in [0, 0.05) is 12.2 Å². The number of rotatable bonds is 5. The van der Waals surface area contributed by atoms with E-state index in [1.165, 1.54) is 11.1 Å². The molecule has 0 amide bonds. The van der Waals surface area contributed by atoms with Gasteiger partial charge < -0.3 is 5.32 Å². The van der Waals surface area contributed by atoms with Crippen molar-refractivity contribution in [3.8, 4) is 0 Å². The Kier molecular flexibility index (Phi) is 5.97. The Hall–Kier alpha value is -2.35. The SMILES string of the molecule is C/C=C(CNc1cccc(C)c1)\C(=C\C)c1c(C)cc(F)cc1C. The second kappa shape index (κ2) is 7.96. The van der Waals surface area contributed by atoms with Gasteiger partial charge in [0.1, 0.15) is 5.82 Å². The number of aryl methyl sites for hydroxylation is 3. The van der Waals surface area contributed by atoms with Crippen LogP contribution in [0.1, 0.15) is 36.1 Å². The molecular weight excluding hydrogens is 297 g/mol. The van der Waals surface area contributed by atoms with Crippen LogP contribution >= 0.6 is 0 Å². The maximum atomic E-state index is 13.6. The van der Waals surface area contributed by atoms with E-state index < -0.39 is 0 Å². The molecule has 2 aromatic carbocycles. The first-order valence-corrected chi connectivity index (χ1v) is 8.35. The van der Waals surface area contributed by atoms with Crippen LogP contribution in [0.15, 0.2) is 54.1 Å². The quantitative estimate of drug-likeness (QED) is 0.645. The lowest BCUT2D eigenvalue weighted by Gasteiger charge is -2.18. The zero-order valence-corrected chi connectivity index (χ0v) is 15.2. The van der Waals surface area contributed by atoms with Gasteiger partial charge in [0.2, 0.25) is 0 Å². The fraction of sp³-hybridized carbons (Fsp3) is 0.273. The van der Waals surface area contributed by atoms with E-state index in [4.69, 9.17) is 0 Å². The van der Waals surface area contributed by atoms with E-state index in [9.17, 15) is 4.39 Å². The molecular formula is C22H26FN. The Morgan fingerprint density at radius 1 is 1.00 bits per heavy atom. The molecule has 24 heavy (non-hydrogen) atoms. The van der Waals surface area contributed by atoms with Crippen LogP contribution in [0.2, 0.25) is 0 Å². The summed E-state index contributed by atoms with van der Waals surface area (Å²) in [6.07, 6.45) is 4.24. The van der Waals surface area contributed by atoms with Crippen LogP contribution in [0.25, 0.3) is 5.57 Å². The first kappa shape index (κ1) is 18.0. The van der Waals surface area contributed by atoms with Gasteiger partial charge in [-0.25, -0.2) is 4.39 Å². The molecule has 0 aliphatic carbocycles. The smallest absolute Gasteiger partial charge is 0.123 e. The molecule has 0 unspecified atom stereocenters. The van der Waals surface area contributed by atoms with Gasteiger partial charge in [-0.3, -0.25) is 0 Å². The molecule has 0 fully saturated rings. The van der Waals surface area contributed by atoms with Gasteiger partial charge in [0.05, 0.1) is 0 Å². The minimum absolute atomic E-state index is 0.177. The molecule has 1 nitrogen and oxygen atoms in total. The van der Waals surface area contributed by atoms with Gasteiger partial charge in [-0.15, -0.1) is 0 Å². The van der Waals surface area contributed by atoms with E-state index in [0.29, 0.717) is 0 Å². The van der Waals surface area contributed by atoms with Crippen molar-refractivity contribution >= 4 is 11.3 Å². The molecule has 2 aromatic rings. The maximum Gasteiger partial charge on any atom is 0.123 e. The Morgan fingerprint density at radius 2 is 1.67 bits per heavy atom. The molecule has 0 bridgehead atoms. The Balaban J connectivity index is 2.29. The highest BCUT2D eigenvalue weighted by Crippen LogP contribution is 2.30. The molecule has 0 heterocycles. The highest BCUT2D eigenvalue weighted by atomic mass is 19.1. The number of hydrogen-bond donors (Lipinski definition) is 1. The van der Waals surface area contributed by atoms with Gasteiger partial charge in [0.25, 0.3) is 0 Å². The van der Waals surface area contributed by atoms with E-state index in [1.807, 2.05) is 27.7 Å². The molecule has 0 aliphatic heterocycles. The number of anilines is 1. The van der Waals surface area contributed by atoms with Crippen molar-refractivity contribution in [2.24, 2.45) is 0 Å². The number of benzene rings is 2. The lowest BCUT2D eigenvalue weighted by molar-refractivity contribution is 0.625. The minimum atomic E-state index is -0.177. The lowest BCUT2D eigenvalue weighted by Crippen LogP contribution is -2.08. The van der Waals surface area contributed by atoms with Crippen molar-refractivity contribution in [3.05, 3.63) is 82.2 Å². The minimum Gasteiger partial charge on any atom is -0.381 e. The topological polar surface area (TPSA) is 12.0 Å². The molecule has 0 saturated heterocycles. The molecule has 2 rings (SSSR count). The van der Waals surface area contributed by atoms with Gasteiger partial charge in [-0.1, -0.05) is 24.3 Å². The van der Waals surface area contributed by atoms with Crippen LogP contribution < -0.4 is 5.32 Å². The van der Waals surface area contributed by atoms with Crippen LogP contribution in [-0.2, 0) is 0 Å². The van der Waals surface area contributed by atoms with Gasteiger partial charge in [0.15, 0.2) is 0 Å². The van der Waals surface area contributed by atoms with Crippen molar-refractivity contribution in [1.82, 2.24) is 0 Å². The molecule has 126 valence electrons. The van der Waals surface area contributed by atoms with Crippen LogP contribution in [0, 0.1) is 26.6 Å². The Bertz CT molecular complexity index is 761. The lowest BCUT2D eigenvalue weighted by atomic mass is 9.90. The average Bonchev–Trinajstić information content (AvgIpc) is 2.52. The highest BCUT2D eigenvalue weighted by molar-refractivity contribution is 5.83. The summed E-state index contributed by atoms with van der Waals surface area (Å²) in [5, 5.41) is 3.49. The zero-order chi connectivity index (χ0) is 17.7. The van der Waals surface area contributed by atoms with Crippen molar-refractivity contribution in [2.75, 3.05) is 11.9 Å². The third kappa shape index (κ3) is 4.14. The van der Waals surface area contributed by atoms with E-state index in [0.717, 1.165) is 34.5 Å². The summed E-state index contributed by atoms with van der Waals surface area (Å²) >= 11 is 0. The number of hydrogen-bond acceptors (Lipinski definition) is 1. The first-order valence-electron chi connectivity index (χ1n) is 8.35. The number of allylic oxidation sites excluding steroid dienone is 2. The predicted molar refractivity (Wildman–Crippen MR) is 103 cm³/mol. The van der Waals surface area contributed by atoms with Crippen molar-refractivity contribution < 1.29 is 4.39 Å². The second-order valence-corrected chi connectivity index (χ2v) is 6.15. The van der Waals surface area contributed by atoms with Crippen LogP contribution in [0.5, 0.6) is 0 Å². The van der Waals surface area contributed by atoms with Crippen LogP contribution in [-0.4, -0.2) is 6.54 Å². The normalized spacial score (nSPS) is 12.4. The number of nitrogens with one attached hydrogen (secondary N) is 1. The molecule has 0 aromatic heterocycles. The first-order chi connectivity index (χ1) is 11.5. The molecule has 0 atom stereocenters. The molecule has 0 aliphatic rings. The summed E-state index contributed by atoms with van der Waals surface area (Å²) < 4.78 is 13.6. The van der Waals surface area contributed by atoms with E-state index in [-0.39, 0.29) is 5.82 Å². The second-order valence-electron chi connectivity index (χ2n) is 6.15. The zero-order valence-electron chi connectivity index (χ0n) is 15.2. The fourth-order valence-corrected chi connectivity index (χ4v) is 3.13. The molecule has 0 saturated carbocycles. The Labute approximate surface area is 144 Å². The predicted octanol–water partition coefficient (Wildman–Crippen LogP) is 6.21. The van der Waals surface area contributed by atoms with Gasteiger partial charge in [-0.05, 0) is 92.3 Å². The third-order valence-electron chi connectivity index (χ3n) is 4.25. The van der Waals surface area contributed by atoms with Crippen molar-refractivity contribution in [2.45, 2.75) is 34.6 Å². The van der Waals surface area contributed by atoms with Crippen LogP contribution in [0.3, 0.4) is 0 Å². The standard InChI is InChI=1S/C22H26FN/c1-6-18(14-24-20-10-8-9-15(3)11-20)21(7-2)22-16(4)12-19(23)13-17(22)5/h6-13,24H,14H2,1-5H3/b18-6-,21-7-. The summed E-state index contributed by atoms with van der Waals surface area (Å²) in [6.45, 7) is 10.8. The summed E-state index contributed by atoms with van der Waals surface area (Å²) in [4.78, 5) is 0. The third-order valence-corrected chi connectivity index (χ3v) is 4.25. The molecule has 0 radical (unpaired) electrons. The summed E-state index contributed by atoms with van der Waals surface area (Å²) in [7, 11) is 0. The van der Waals surface area contributed by atoms with Crippen molar-refractivity contribution in [1.29, 1.82) is 0 Å². The maximum absolute atomic E-state index is 13.6. The monoisotopic (exact) mass is 323 g/mol. The fourth-order valence-electron chi connectivity index (χ4n) is 3.13. The average molecular weight is 323 g/mol. The van der Waals surface area contributed by atoms with Crippen molar-refractivity contribution in [3.63, 3.8) is 0 Å². The number of halogens is 1. The van der Waals surface area contributed by atoms with Gasteiger partial charge >= 0.3 is 0 Å². The summed E-state index contributed by atoms with van der Waals surface area (Å²) in [5.41, 5.74) is 7.77. The van der Waals surface area contributed by atoms with Gasteiger partial charge in [-0.2, -0.15) is 0 Å². The van der Waals surface area contributed by atoms with E-state index >= 15 is 0 Å². The van der Waals surface area contributed by atoms with Crippen LogP contribution in [0.4, 0.5) is 10.1 Å². The highest BCUT2D eigenvalue weighted by Gasteiger charge is 2.13. The summed E-state index contributed by atoms with van der Waals surface area (Å²) in [6, 6.07) is 11.6. The summed E-state index contributed by atoms with van der Waals surface area (Å²) in [5.74, 6) is -0.177. The molecule has 0 spiro atoms. The van der Waals surface area contributed by atoms with E-state index in [1.54, 1.807) is 12.1 Å². The molecule has 2 heteroatoms. The largest absolute Gasteiger partial charge is 0.381 e. The Morgan fingerprint density at radius 3 is 2.21 bits per heavy atom. The molecule has 1 N–H and O–H groups in total. The van der Waals surface area contributed by atoms with E-state index in [2.05, 4.69) is 48.7 Å².